The van der Waals surface area contributed by atoms with Crippen molar-refractivity contribution in [2.24, 2.45) is 23.7 Å². The second-order valence-corrected chi connectivity index (χ2v) is 10.4. The van der Waals surface area contributed by atoms with Gasteiger partial charge in [0.1, 0.15) is 0 Å². The van der Waals surface area contributed by atoms with E-state index >= 15 is 0 Å². The molecule has 4 aliphatic rings. The molecule has 0 aromatic heterocycles. The third-order valence-corrected chi connectivity index (χ3v) is 8.31. The van der Waals surface area contributed by atoms with Gasteiger partial charge in [-0.3, -0.25) is 19.2 Å². The van der Waals surface area contributed by atoms with E-state index in [1.165, 1.54) is 20.3 Å². The summed E-state index contributed by atoms with van der Waals surface area (Å²) in [6, 6.07) is 3.18. The average molecular weight is 598 g/mol. The van der Waals surface area contributed by atoms with Crippen LogP contribution in [0.5, 0.6) is 17.2 Å². The van der Waals surface area contributed by atoms with Gasteiger partial charge in [-0.2, -0.15) is 4.90 Å². The highest BCUT2D eigenvalue weighted by Gasteiger charge is 2.57. The number of benzene rings is 1. The van der Waals surface area contributed by atoms with Crippen LogP contribution in [0.3, 0.4) is 0 Å². The highest BCUT2D eigenvalue weighted by atomic mass is 79.9. The lowest BCUT2D eigenvalue weighted by atomic mass is 9.61. The monoisotopic (exact) mass is 597 g/mol. The zero-order valence-corrected chi connectivity index (χ0v) is 22.8. The van der Waals surface area contributed by atoms with Crippen LogP contribution in [0, 0.1) is 23.7 Å². The number of aromatic hydroxyl groups is 1. The van der Waals surface area contributed by atoms with Crippen LogP contribution in [-0.2, 0) is 23.9 Å². The SMILES string of the molecule is COC(=O)N1C(=O)C2CC=C3C(C=Cc4cc(OC)c(O)c(OC)c4)C4=C(CC3C2C1=O)C(=O)C(Br)=CC4=O. The number of hydrogen-bond donors (Lipinski definition) is 1. The maximum atomic E-state index is 13.4. The summed E-state index contributed by atoms with van der Waals surface area (Å²) < 4.78 is 15.2. The number of phenolic OH excluding ortho intramolecular Hbond substituents is 1. The lowest BCUT2D eigenvalue weighted by molar-refractivity contribution is -0.137. The summed E-state index contributed by atoms with van der Waals surface area (Å²) in [6.07, 6.45) is 5.76. The van der Waals surface area contributed by atoms with Gasteiger partial charge in [0.15, 0.2) is 23.1 Å². The maximum Gasteiger partial charge on any atom is 0.423 e. The first-order valence-electron chi connectivity index (χ1n) is 12.1. The molecule has 0 radical (unpaired) electrons. The summed E-state index contributed by atoms with van der Waals surface area (Å²) >= 11 is 3.18. The van der Waals surface area contributed by atoms with Crippen molar-refractivity contribution in [3.63, 3.8) is 0 Å². The van der Waals surface area contributed by atoms with Crippen LogP contribution >= 0.6 is 15.9 Å². The van der Waals surface area contributed by atoms with Crippen molar-refractivity contribution in [1.82, 2.24) is 4.90 Å². The number of methoxy groups -OCH3 is 3. The summed E-state index contributed by atoms with van der Waals surface area (Å²) in [5.41, 5.74) is 1.89. The minimum atomic E-state index is -1.04. The quantitative estimate of drug-likeness (QED) is 0.314. The largest absolute Gasteiger partial charge is 0.502 e. The van der Waals surface area contributed by atoms with Crippen molar-refractivity contribution in [2.45, 2.75) is 12.8 Å². The molecule has 0 saturated carbocycles. The molecule has 1 fully saturated rings. The molecule has 3 aliphatic carbocycles. The molecule has 202 valence electrons. The van der Waals surface area contributed by atoms with Crippen molar-refractivity contribution >= 4 is 51.5 Å². The van der Waals surface area contributed by atoms with Crippen molar-refractivity contribution in [3.8, 4) is 17.2 Å². The van der Waals surface area contributed by atoms with Gasteiger partial charge in [0.2, 0.25) is 17.6 Å². The van der Waals surface area contributed by atoms with E-state index < -0.39 is 41.6 Å². The molecule has 4 atom stereocenters. The van der Waals surface area contributed by atoms with Crippen LogP contribution in [0.1, 0.15) is 18.4 Å². The Hall–Kier alpha value is -3.99. The second kappa shape index (κ2) is 9.96. The van der Waals surface area contributed by atoms with E-state index in [1.807, 2.05) is 6.08 Å². The lowest BCUT2D eigenvalue weighted by Crippen LogP contribution is -2.40. The first kappa shape index (κ1) is 26.6. The van der Waals surface area contributed by atoms with Crippen molar-refractivity contribution in [3.05, 3.63) is 57.1 Å². The van der Waals surface area contributed by atoms with E-state index in [4.69, 9.17) is 9.47 Å². The van der Waals surface area contributed by atoms with E-state index in [2.05, 4.69) is 20.7 Å². The van der Waals surface area contributed by atoms with Crippen molar-refractivity contribution in [2.75, 3.05) is 21.3 Å². The van der Waals surface area contributed by atoms with Crippen molar-refractivity contribution in [1.29, 1.82) is 0 Å². The number of rotatable bonds is 4. The minimum Gasteiger partial charge on any atom is -0.502 e. The number of ketones is 2. The Morgan fingerprint density at radius 2 is 1.72 bits per heavy atom. The highest BCUT2D eigenvalue weighted by molar-refractivity contribution is 9.12. The lowest BCUT2D eigenvalue weighted by Gasteiger charge is -2.41. The molecule has 1 N–H and O–H groups in total. The molecule has 0 spiro atoms. The number of allylic oxidation sites excluding steroid dienone is 7. The van der Waals surface area contributed by atoms with Gasteiger partial charge in [0.05, 0.1) is 37.6 Å². The molecule has 10 nitrogen and oxygen atoms in total. The van der Waals surface area contributed by atoms with E-state index in [-0.39, 0.29) is 51.7 Å². The summed E-state index contributed by atoms with van der Waals surface area (Å²) in [7, 11) is 3.90. The number of ether oxygens (including phenoxy) is 3. The van der Waals surface area contributed by atoms with Crippen LogP contribution in [0.2, 0.25) is 0 Å². The van der Waals surface area contributed by atoms with Gasteiger partial charge in [0, 0.05) is 23.1 Å². The molecule has 3 amide bonds. The molecule has 1 aromatic rings. The number of carbonyl (C=O) groups is 5. The van der Waals surface area contributed by atoms with E-state index in [1.54, 1.807) is 24.3 Å². The predicted octanol–water partition coefficient (Wildman–Crippen LogP) is 3.48. The van der Waals surface area contributed by atoms with Gasteiger partial charge in [0.25, 0.3) is 0 Å². The molecule has 1 aliphatic heterocycles. The number of carbonyl (C=O) groups excluding carboxylic acids is 5. The number of likely N-dealkylation sites (tertiary alicyclic amines) is 1. The summed E-state index contributed by atoms with van der Waals surface area (Å²) in [5, 5.41) is 10.3. The number of phenols is 1. The number of nitrogens with zero attached hydrogens (tertiary/aromatic N) is 1. The fourth-order valence-corrected chi connectivity index (χ4v) is 6.42. The standard InChI is InChI=1S/C28H24BrNO9/c1-37-20-8-12(9-21(38-2)25(20)33)4-5-14-13-6-7-15-23(27(35)30(26(15)34)28(36)39-3)16(13)10-17-22(14)19(31)11-18(29)24(17)32/h4-6,8-9,11,14-16,23,33H,7,10H2,1-3H3. The third-order valence-electron chi connectivity index (χ3n) is 7.72. The molecular formula is C28H24BrNO9. The third kappa shape index (κ3) is 4.12. The van der Waals surface area contributed by atoms with Crippen LogP contribution in [-0.4, -0.2) is 60.8 Å². The number of halogens is 1. The van der Waals surface area contributed by atoms with E-state index in [0.717, 1.165) is 12.7 Å². The molecule has 5 rings (SSSR count). The fourth-order valence-electron chi connectivity index (χ4n) is 5.97. The summed E-state index contributed by atoms with van der Waals surface area (Å²) in [5.74, 6) is -4.69. The van der Waals surface area contributed by atoms with Crippen LogP contribution in [0.4, 0.5) is 4.79 Å². The number of amides is 3. The molecule has 1 heterocycles. The zero-order valence-electron chi connectivity index (χ0n) is 21.2. The van der Waals surface area contributed by atoms with Crippen LogP contribution in [0.25, 0.3) is 6.08 Å². The molecule has 39 heavy (non-hydrogen) atoms. The average Bonchev–Trinajstić information content (AvgIpc) is 3.19. The van der Waals surface area contributed by atoms with Crippen LogP contribution in [0.15, 0.2) is 51.6 Å². The van der Waals surface area contributed by atoms with Gasteiger partial charge in [-0.25, -0.2) is 4.79 Å². The highest BCUT2D eigenvalue weighted by Crippen LogP contribution is 2.53. The Balaban J connectivity index is 1.61. The molecule has 0 bridgehead atoms. The van der Waals surface area contributed by atoms with Gasteiger partial charge in [-0.1, -0.05) is 23.8 Å². The Labute approximate surface area is 231 Å². The van der Waals surface area contributed by atoms with Gasteiger partial charge >= 0.3 is 6.09 Å². The summed E-state index contributed by atoms with van der Waals surface area (Å²) in [4.78, 5) is 65.5. The fraction of sp³-hybridized carbons (Fsp3) is 0.321. The molecule has 4 unspecified atom stereocenters. The number of Topliss-reactive ketones (excluding diaryl/α,β-unsaturated/α-hetero) is 1. The van der Waals surface area contributed by atoms with Crippen molar-refractivity contribution < 1.29 is 43.3 Å². The minimum absolute atomic E-state index is 0.0784. The predicted molar refractivity (Wildman–Crippen MR) is 140 cm³/mol. The Bertz CT molecular complexity index is 1440. The molecule has 1 aromatic carbocycles. The number of fused-ring (bicyclic) bond motifs is 3. The molecule has 1 saturated heterocycles. The van der Waals surface area contributed by atoms with Crippen LogP contribution < -0.4 is 9.47 Å². The zero-order chi connectivity index (χ0) is 28.2. The Morgan fingerprint density at radius 3 is 2.33 bits per heavy atom. The van der Waals surface area contributed by atoms with Gasteiger partial charge in [-0.15, -0.1) is 0 Å². The number of imide groups is 3. The van der Waals surface area contributed by atoms with E-state index in [9.17, 15) is 29.1 Å². The number of hydrogen-bond acceptors (Lipinski definition) is 9. The molecular weight excluding hydrogens is 574 g/mol. The Kier molecular flexibility index (Phi) is 6.79. The maximum absolute atomic E-state index is 13.4. The Morgan fingerprint density at radius 1 is 1.05 bits per heavy atom. The summed E-state index contributed by atoms with van der Waals surface area (Å²) in [6.45, 7) is 0. The molecule has 11 heteroatoms. The van der Waals surface area contributed by atoms with Gasteiger partial charge in [-0.05, 0) is 52.4 Å². The second-order valence-electron chi connectivity index (χ2n) is 9.55. The topological polar surface area (TPSA) is 137 Å². The first-order chi connectivity index (χ1) is 18.6. The first-order valence-corrected chi connectivity index (χ1v) is 12.9. The normalized spacial score (nSPS) is 26.2. The smallest absolute Gasteiger partial charge is 0.423 e. The van der Waals surface area contributed by atoms with E-state index in [0.29, 0.717) is 16.0 Å². The van der Waals surface area contributed by atoms with Gasteiger partial charge < -0.3 is 19.3 Å².